The third kappa shape index (κ3) is 5.41. The number of rotatable bonds is 6. The summed E-state index contributed by atoms with van der Waals surface area (Å²) in [6.45, 7) is 2.01. The molecule has 150 valence electrons. The van der Waals surface area contributed by atoms with E-state index in [0.29, 0.717) is 0 Å². The summed E-state index contributed by atoms with van der Waals surface area (Å²) in [5.41, 5.74) is 4.48. The molecule has 3 aromatic rings. The molecule has 1 N–H and O–H groups in total. The Morgan fingerprint density at radius 2 is 1.86 bits per heavy atom. The molecule has 0 bridgehead atoms. The second-order valence-electron chi connectivity index (χ2n) is 6.97. The van der Waals surface area contributed by atoms with Crippen LogP contribution in [0.5, 0.6) is 0 Å². The van der Waals surface area contributed by atoms with Crippen LogP contribution in [0.25, 0.3) is 11.6 Å². The fraction of sp³-hybridized carbons (Fsp3) is 0.174. The number of sulfone groups is 1. The van der Waals surface area contributed by atoms with Crippen molar-refractivity contribution in [1.29, 1.82) is 0 Å². The van der Waals surface area contributed by atoms with Gasteiger partial charge < -0.3 is 5.11 Å². The normalized spacial score (nSPS) is 13.3. The predicted molar refractivity (Wildman–Crippen MR) is 120 cm³/mol. The van der Waals surface area contributed by atoms with Gasteiger partial charge in [-0.05, 0) is 53.1 Å². The van der Waals surface area contributed by atoms with Crippen LogP contribution >= 0.6 is 15.9 Å². The zero-order valence-electron chi connectivity index (χ0n) is 16.2. The van der Waals surface area contributed by atoms with Crippen LogP contribution < -0.4 is 0 Å². The maximum atomic E-state index is 11.8. The summed E-state index contributed by atoms with van der Waals surface area (Å²) in [6.07, 6.45) is 5.00. The minimum absolute atomic E-state index is 0.0168. The second kappa shape index (κ2) is 9.03. The lowest BCUT2D eigenvalue weighted by molar-refractivity contribution is 0.273. The van der Waals surface area contributed by atoms with Gasteiger partial charge in [-0.25, -0.2) is 8.42 Å². The van der Waals surface area contributed by atoms with Crippen molar-refractivity contribution in [3.8, 4) is 0 Å². The second-order valence-corrected chi connectivity index (χ2v) is 9.90. The van der Waals surface area contributed by atoms with Gasteiger partial charge in [0.25, 0.3) is 0 Å². The van der Waals surface area contributed by atoms with E-state index in [1.54, 1.807) is 30.5 Å². The van der Waals surface area contributed by atoms with Gasteiger partial charge in [0.1, 0.15) is 0 Å². The molecule has 0 radical (unpaired) electrons. The van der Waals surface area contributed by atoms with Gasteiger partial charge in [-0.15, -0.1) is 0 Å². The number of hydrogen-bond acceptors (Lipinski definition) is 4. The number of halogens is 1. The molecule has 0 amide bonds. The van der Waals surface area contributed by atoms with E-state index >= 15 is 0 Å². The van der Waals surface area contributed by atoms with E-state index in [2.05, 4.69) is 20.9 Å². The largest absolute Gasteiger partial charge is 0.396 e. The minimum atomic E-state index is -3.26. The summed E-state index contributed by atoms with van der Waals surface area (Å²) < 4.78 is 24.5. The first-order valence-electron chi connectivity index (χ1n) is 9.13. The fourth-order valence-electron chi connectivity index (χ4n) is 2.91. The zero-order chi connectivity index (χ0) is 21.0. The lowest BCUT2D eigenvalue weighted by Gasteiger charge is -2.12. The van der Waals surface area contributed by atoms with E-state index in [4.69, 9.17) is 0 Å². The lowest BCUT2D eigenvalue weighted by atomic mass is 9.97. The molecule has 29 heavy (non-hydrogen) atoms. The molecule has 1 unspecified atom stereocenters. The Balaban J connectivity index is 2.09. The lowest BCUT2D eigenvalue weighted by Crippen LogP contribution is -2.01. The van der Waals surface area contributed by atoms with Crippen molar-refractivity contribution in [2.75, 3.05) is 12.9 Å². The van der Waals surface area contributed by atoms with Gasteiger partial charge in [0.15, 0.2) is 9.84 Å². The van der Waals surface area contributed by atoms with Crippen LogP contribution in [-0.2, 0) is 9.84 Å². The maximum absolute atomic E-state index is 11.8. The number of benzene rings is 2. The Labute approximate surface area is 180 Å². The van der Waals surface area contributed by atoms with E-state index in [9.17, 15) is 13.5 Å². The van der Waals surface area contributed by atoms with Crippen LogP contribution in [0.15, 0.2) is 76.2 Å². The van der Waals surface area contributed by atoms with Gasteiger partial charge in [-0.2, -0.15) is 0 Å². The topological polar surface area (TPSA) is 67.3 Å². The van der Waals surface area contributed by atoms with Gasteiger partial charge in [0, 0.05) is 35.0 Å². The van der Waals surface area contributed by atoms with Crippen LogP contribution in [0, 0.1) is 0 Å². The fourth-order valence-corrected chi connectivity index (χ4v) is 3.96. The van der Waals surface area contributed by atoms with Crippen LogP contribution in [-0.4, -0.2) is 31.4 Å². The number of nitrogens with zero attached hydrogens (tertiary/aromatic N) is 1. The third-order valence-electron chi connectivity index (χ3n) is 4.66. The average Bonchev–Trinajstić information content (AvgIpc) is 2.71. The SMILES string of the molecule is CC(CO)c1ccc(/C(=C\c2cccc(Br)c2)c2ccc(S(C)(=O)=O)cc2)nc1. The van der Waals surface area contributed by atoms with E-state index in [-0.39, 0.29) is 17.4 Å². The molecule has 0 aliphatic heterocycles. The van der Waals surface area contributed by atoms with E-state index in [0.717, 1.165) is 32.4 Å². The molecule has 0 saturated carbocycles. The van der Waals surface area contributed by atoms with Gasteiger partial charge in [-0.1, -0.05) is 53.2 Å². The van der Waals surface area contributed by atoms with E-state index in [1.807, 2.05) is 49.4 Å². The number of aromatic nitrogens is 1. The van der Waals surface area contributed by atoms with E-state index < -0.39 is 9.84 Å². The molecule has 6 heteroatoms. The molecular formula is C23H22BrNO3S. The molecule has 0 aliphatic carbocycles. The Kier molecular flexibility index (Phi) is 6.67. The first kappa shape index (κ1) is 21.4. The molecular weight excluding hydrogens is 450 g/mol. The van der Waals surface area contributed by atoms with Crippen molar-refractivity contribution in [2.24, 2.45) is 0 Å². The standard InChI is InChI=1S/C23H22BrNO3S/c1-16(15-26)19-8-11-23(25-14-19)22(13-17-4-3-5-20(24)12-17)18-6-9-21(10-7-18)29(2,27)28/h3-14,16,26H,15H2,1-2H3/b22-13-. The highest BCUT2D eigenvalue weighted by molar-refractivity contribution is 9.10. The summed E-state index contributed by atoms with van der Waals surface area (Å²) in [7, 11) is -3.26. The molecule has 1 aromatic heterocycles. The van der Waals surface area contributed by atoms with Crippen LogP contribution in [0.3, 0.4) is 0 Å². The molecule has 0 saturated heterocycles. The van der Waals surface area contributed by atoms with Crippen LogP contribution in [0.1, 0.15) is 35.2 Å². The Hall–Kier alpha value is -2.28. The molecule has 1 atom stereocenters. The van der Waals surface area contributed by atoms with Gasteiger partial charge in [0.2, 0.25) is 0 Å². The highest BCUT2D eigenvalue weighted by Crippen LogP contribution is 2.28. The Bertz CT molecular complexity index is 1120. The van der Waals surface area contributed by atoms with Crippen LogP contribution in [0.4, 0.5) is 0 Å². The Morgan fingerprint density at radius 1 is 1.14 bits per heavy atom. The number of aliphatic hydroxyl groups is 1. The van der Waals surface area contributed by atoms with Gasteiger partial charge in [0.05, 0.1) is 10.6 Å². The third-order valence-corrected chi connectivity index (χ3v) is 6.28. The molecule has 2 aromatic carbocycles. The highest BCUT2D eigenvalue weighted by Gasteiger charge is 2.12. The summed E-state index contributed by atoms with van der Waals surface area (Å²) in [4.78, 5) is 4.89. The molecule has 0 spiro atoms. The van der Waals surface area contributed by atoms with Crippen molar-refractivity contribution in [3.05, 3.63) is 93.7 Å². The monoisotopic (exact) mass is 471 g/mol. The van der Waals surface area contributed by atoms with Gasteiger partial charge >= 0.3 is 0 Å². The first-order chi connectivity index (χ1) is 13.8. The van der Waals surface area contributed by atoms with Gasteiger partial charge in [-0.3, -0.25) is 4.98 Å². The molecule has 0 fully saturated rings. The molecule has 3 rings (SSSR count). The van der Waals surface area contributed by atoms with Crippen molar-refractivity contribution < 1.29 is 13.5 Å². The summed E-state index contributed by atoms with van der Waals surface area (Å²) in [6, 6.07) is 18.6. The first-order valence-corrected chi connectivity index (χ1v) is 11.8. The van der Waals surface area contributed by atoms with Crippen molar-refractivity contribution in [3.63, 3.8) is 0 Å². The quantitative estimate of drug-likeness (QED) is 0.517. The molecule has 4 nitrogen and oxygen atoms in total. The minimum Gasteiger partial charge on any atom is -0.396 e. The zero-order valence-corrected chi connectivity index (χ0v) is 18.6. The summed E-state index contributed by atoms with van der Waals surface area (Å²) >= 11 is 3.49. The van der Waals surface area contributed by atoms with Crippen molar-refractivity contribution in [2.45, 2.75) is 17.7 Å². The smallest absolute Gasteiger partial charge is 0.175 e. The number of pyridine rings is 1. The predicted octanol–water partition coefficient (Wildman–Crippen LogP) is 4.93. The summed E-state index contributed by atoms with van der Waals surface area (Å²) in [5.74, 6) is 0.0168. The number of hydrogen-bond donors (Lipinski definition) is 1. The summed E-state index contributed by atoms with van der Waals surface area (Å²) in [5, 5.41) is 9.36. The number of aliphatic hydroxyl groups excluding tert-OH is 1. The molecule has 1 heterocycles. The van der Waals surface area contributed by atoms with E-state index in [1.165, 1.54) is 6.26 Å². The highest BCUT2D eigenvalue weighted by atomic mass is 79.9. The maximum Gasteiger partial charge on any atom is 0.175 e. The average molecular weight is 472 g/mol. The van der Waals surface area contributed by atoms with Crippen molar-refractivity contribution >= 4 is 37.4 Å². The van der Waals surface area contributed by atoms with Crippen molar-refractivity contribution in [1.82, 2.24) is 4.98 Å². The Morgan fingerprint density at radius 3 is 2.41 bits per heavy atom. The van der Waals surface area contributed by atoms with Crippen LogP contribution in [0.2, 0.25) is 0 Å². The molecule has 0 aliphatic rings.